The first kappa shape index (κ1) is 52.2. The van der Waals surface area contributed by atoms with E-state index in [-0.39, 0.29) is 84.9 Å². The molecule has 0 saturated carbocycles. The lowest BCUT2D eigenvalue weighted by Gasteiger charge is -1.01. The molecule has 0 aromatic heterocycles. The fraction of sp³-hybridized carbons (Fsp3) is 0. The maximum Gasteiger partial charge on any atom is -0.0125 e. The van der Waals surface area contributed by atoms with Gasteiger partial charge in [0.15, 0.2) is 0 Å². The zero-order chi connectivity index (χ0) is 2.00. The molecule has 7 heavy (non-hydrogen) atoms. The summed E-state index contributed by atoms with van der Waals surface area (Å²) in [5, 5.41) is 0. The van der Waals surface area contributed by atoms with E-state index in [4.69, 9.17) is 0 Å². The van der Waals surface area contributed by atoms with Crippen LogP contribution < -0.4 is 0 Å². The lowest BCUT2D eigenvalue weighted by molar-refractivity contribution is 4.75. The number of hydrogen-bond donors (Lipinski definition) is 0. The molecule has 0 rings (SSSR count). The molecule has 0 bridgehead atoms. The average molecular weight is 467 g/mol. The summed E-state index contributed by atoms with van der Waals surface area (Å²) in [6.45, 7) is 0. The third kappa shape index (κ3) is 51.4. The summed E-state index contributed by atoms with van der Waals surface area (Å²) < 4.78 is 0. The summed E-state index contributed by atoms with van der Waals surface area (Å²) in [4.78, 5) is 0. The summed E-state index contributed by atoms with van der Waals surface area (Å²) in [5.41, 5.74) is 0. The predicted octanol–water partition coefficient (Wildman–Crippen LogP) is 0.522. The first-order valence-corrected chi connectivity index (χ1v) is 9.00. The van der Waals surface area contributed by atoms with Crippen molar-refractivity contribution in [1.82, 2.24) is 0 Å². The number of rotatable bonds is 0. The van der Waals surface area contributed by atoms with Gasteiger partial charge in [0.25, 0.3) is 0 Å². The molecule has 0 radical (unpaired) electrons. The van der Waals surface area contributed by atoms with E-state index in [0.29, 0.717) is 0 Å². The Hall–Kier alpha value is 2.83. The predicted molar refractivity (Wildman–Crippen MR) is 71.5 cm³/mol. The topological polar surface area (TPSA) is 0 Å². The van der Waals surface area contributed by atoms with Crippen molar-refractivity contribution in [2.75, 3.05) is 0 Å². The van der Waals surface area contributed by atoms with Crippen molar-refractivity contribution in [1.29, 1.82) is 0 Å². The van der Waals surface area contributed by atoms with Crippen LogP contribution in [0.15, 0.2) is 0 Å². The summed E-state index contributed by atoms with van der Waals surface area (Å²) in [6, 6.07) is 0. The van der Waals surface area contributed by atoms with E-state index in [1.54, 1.807) is 0 Å². The minimum atomic E-state index is 0. The van der Waals surface area contributed by atoms with Crippen LogP contribution in [-0.4, -0.2) is 19.5 Å². The quantitative estimate of drug-likeness (QED) is 0.457. The second-order valence-corrected chi connectivity index (χ2v) is 0. The highest BCUT2D eigenvalue weighted by atomic mass is 79.9. The van der Waals surface area contributed by atoms with E-state index in [0.717, 1.165) is 0 Å². The van der Waals surface area contributed by atoms with Crippen molar-refractivity contribution in [3.05, 3.63) is 0 Å². The van der Waals surface area contributed by atoms with Crippen LogP contribution in [0.3, 0.4) is 0 Å². The van der Waals surface area contributed by atoms with Crippen LogP contribution in [-0.2, 0) is 0 Å². The highest BCUT2D eigenvalue weighted by Gasteiger charge is 0.988. The van der Waals surface area contributed by atoms with Gasteiger partial charge in [0.05, 0.1) is 0 Å². The van der Waals surface area contributed by atoms with Crippen LogP contribution in [0, 0.1) is 0 Å². The molecule has 0 fully saturated rings. The van der Waals surface area contributed by atoms with Crippen molar-refractivity contribution >= 4 is 104 Å². The molecular formula is H11Br5Si2. The Labute approximate surface area is 103 Å². The molecule has 7 heteroatoms. The van der Waals surface area contributed by atoms with E-state index in [9.17, 15) is 0 Å². The molecule has 0 heterocycles. The van der Waals surface area contributed by atoms with Crippen molar-refractivity contribution in [2.45, 2.75) is 0 Å². The van der Waals surface area contributed by atoms with Crippen molar-refractivity contribution < 1.29 is 0 Å². The zero-order valence-electron chi connectivity index (χ0n) is 4.04. The number of hydrogen-bond acceptors (Lipinski definition) is 0. The Morgan fingerprint density at radius 2 is 0.429 bits per heavy atom. The van der Waals surface area contributed by atoms with Crippen LogP contribution >= 0.6 is 84.9 Å². The van der Waals surface area contributed by atoms with Gasteiger partial charge in [0.2, 0.25) is 0 Å². The summed E-state index contributed by atoms with van der Waals surface area (Å²) >= 11 is 0. The molecule has 0 saturated heterocycles. The van der Waals surface area contributed by atoms with E-state index in [1.807, 2.05) is 0 Å². The minimum absolute atomic E-state index is 0. The molecular weight excluding hydrogens is 456 g/mol. The van der Waals surface area contributed by atoms with Gasteiger partial charge in [-0.05, 0) is 19.5 Å². The second-order valence-electron chi connectivity index (χ2n) is 0. The average Bonchev–Trinajstić information content (AvgIpc) is 1.00. The third-order valence-corrected chi connectivity index (χ3v) is 0. The summed E-state index contributed by atoms with van der Waals surface area (Å²) in [5.74, 6) is 0. The van der Waals surface area contributed by atoms with Gasteiger partial charge in [0, 0.05) is 0 Å². The summed E-state index contributed by atoms with van der Waals surface area (Å²) in [7, 11) is 2.89. The van der Waals surface area contributed by atoms with Crippen molar-refractivity contribution in [2.24, 2.45) is 0 Å². The van der Waals surface area contributed by atoms with Gasteiger partial charge in [-0.3, -0.25) is 0 Å². The van der Waals surface area contributed by atoms with E-state index in [2.05, 4.69) is 0 Å². The number of halogens is 5. The fourth-order valence-electron chi connectivity index (χ4n) is 0. The SMILES string of the molecule is Br.Br.Br.Br.Br.[SiH3][SiH3]. The van der Waals surface area contributed by atoms with Crippen molar-refractivity contribution in [3.63, 3.8) is 0 Å². The monoisotopic (exact) mass is 462 g/mol. The van der Waals surface area contributed by atoms with Crippen LogP contribution in [0.4, 0.5) is 0 Å². The van der Waals surface area contributed by atoms with Crippen LogP contribution in [0.5, 0.6) is 0 Å². The molecule has 0 aliphatic carbocycles. The van der Waals surface area contributed by atoms with E-state index < -0.39 is 0 Å². The van der Waals surface area contributed by atoms with Gasteiger partial charge in [-0.25, -0.2) is 0 Å². The molecule has 0 aromatic carbocycles. The Bertz CT molecular complexity index is 6.04. The highest BCUT2D eigenvalue weighted by molar-refractivity contribution is 8.93. The largest absolute Gasteiger partial charge is 0.114 e. The maximum absolute atomic E-state index is 1.44. The standard InChI is InChI=1S/5BrH.H6Si2/c;;;;;1-2/h5*1H;1-2H3. The molecule has 0 unspecified atom stereocenters. The Morgan fingerprint density at radius 1 is 0.429 bits per heavy atom. The molecule has 0 amide bonds. The molecule has 0 spiro atoms. The first-order valence-electron chi connectivity index (χ1n) is 1.00. The Kier molecular flexibility index (Phi) is 504. The Morgan fingerprint density at radius 3 is 0.429 bits per heavy atom. The highest BCUT2D eigenvalue weighted by Crippen LogP contribution is 0.850. The Balaban J connectivity index is -0.000000000500. The fourth-order valence-corrected chi connectivity index (χ4v) is 0. The van der Waals surface area contributed by atoms with Gasteiger partial charge in [-0.15, -0.1) is 84.9 Å². The molecule has 0 aromatic rings. The maximum atomic E-state index is 1.44. The third-order valence-electron chi connectivity index (χ3n) is 0. The lowest BCUT2D eigenvalue weighted by Crippen LogP contribution is -1.38. The molecule has 0 nitrogen and oxygen atoms in total. The molecule has 0 aliphatic heterocycles. The second kappa shape index (κ2) is 67.5. The van der Waals surface area contributed by atoms with Gasteiger partial charge in [0.1, 0.15) is 0 Å². The van der Waals surface area contributed by atoms with E-state index in [1.165, 1.54) is 19.5 Å². The molecule has 54 valence electrons. The van der Waals surface area contributed by atoms with Gasteiger partial charge in [-0.2, -0.15) is 0 Å². The normalized spacial score (nSPS) is 1.71. The van der Waals surface area contributed by atoms with Gasteiger partial charge < -0.3 is 0 Å². The molecule has 0 N–H and O–H groups in total. The van der Waals surface area contributed by atoms with Gasteiger partial charge in [-0.1, -0.05) is 0 Å². The molecule has 0 aliphatic rings. The first-order chi connectivity index (χ1) is 1.00. The minimum Gasteiger partial charge on any atom is -0.114 e. The van der Waals surface area contributed by atoms with Crippen LogP contribution in [0.25, 0.3) is 0 Å². The zero-order valence-corrected chi connectivity index (χ0v) is 16.6. The molecule has 0 atom stereocenters. The van der Waals surface area contributed by atoms with Gasteiger partial charge >= 0.3 is 0 Å². The van der Waals surface area contributed by atoms with Crippen LogP contribution in [0.2, 0.25) is 0 Å². The van der Waals surface area contributed by atoms with E-state index >= 15 is 0 Å². The summed E-state index contributed by atoms with van der Waals surface area (Å²) in [6.07, 6.45) is 0. The lowest BCUT2D eigenvalue weighted by atomic mass is 27.1. The smallest absolute Gasteiger partial charge is 0.0125 e. The van der Waals surface area contributed by atoms with Crippen LogP contribution in [0.1, 0.15) is 0 Å². The van der Waals surface area contributed by atoms with Crippen molar-refractivity contribution in [3.8, 4) is 0 Å².